The van der Waals surface area contributed by atoms with Crippen LogP contribution in [0.3, 0.4) is 0 Å². The summed E-state index contributed by atoms with van der Waals surface area (Å²) in [6.45, 7) is 0. The smallest absolute Gasteiger partial charge is 0.0459 e. The second-order valence-electron chi connectivity index (χ2n) is 4.39. The summed E-state index contributed by atoms with van der Waals surface area (Å²) in [6.07, 6.45) is 2.11. The van der Waals surface area contributed by atoms with Crippen LogP contribution in [0.1, 0.15) is 0 Å². The van der Waals surface area contributed by atoms with Gasteiger partial charge in [-0.25, -0.2) is 0 Å². The first-order chi connectivity index (χ1) is 8.43. The number of aromatic amines is 1. The number of hydrogen-bond donors (Lipinski definition) is 1. The van der Waals surface area contributed by atoms with Crippen LogP contribution in [0.2, 0.25) is 0 Å². The van der Waals surface area contributed by atoms with Crippen LogP contribution >= 0.6 is 0 Å². The molecule has 0 spiro atoms. The van der Waals surface area contributed by atoms with Gasteiger partial charge in [0.2, 0.25) is 0 Å². The number of fused-ring (bicyclic) bond motifs is 5. The Kier molecular flexibility index (Phi) is 1.61. The predicted molar refractivity (Wildman–Crippen MR) is 72.4 cm³/mol. The average molecular weight is 217 g/mol. The van der Waals surface area contributed by atoms with Gasteiger partial charge in [-0.3, -0.25) is 0 Å². The molecule has 1 heteroatoms. The number of pyridine rings is 1. The average Bonchev–Trinajstić information content (AvgIpc) is 2.78. The highest BCUT2D eigenvalue weighted by Gasteiger charge is 2.11. The van der Waals surface area contributed by atoms with E-state index >= 15 is 0 Å². The number of hydrogen-bond acceptors (Lipinski definition) is 0. The molecular weight excluding hydrogens is 206 g/mol. The second-order valence-corrected chi connectivity index (χ2v) is 4.39. The SMILES string of the molecule is c1ccc2c3c[nH]c4ccccc4c-3cc2c1. The van der Waals surface area contributed by atoms with Crippen LogP contribution in [0.25, 0.3) is 32.8 Å². The minimum atomic E-state index is 1.19. The summed E-state index contributed by atoms with van der Waals surface area (Å²) in [5.41, 5.74) is 3.83. The summed E-state index contributed by atoms with van der Waals surface area (Å²) in [5, 5.41) is 3.93. The zero-order valence-electron chi connectivity index (χ0n) is 9.27. The highest BCUT2D eigenvalue weighted by Crippen LogP contribution is 2.37. The molecule has 2 aliphatic rings. The Labute approximate surface area is 99.0 Å². The van der Waals surface area contributed by atoms with Crippen LogP contribution < -0.4 is 0 Å². The summed E-state index contributed by atoms with van der Waals surface area (Å²) >= 11 is 0. The Morgan fingerprint density at radius 3 is 2.41 bits per heavy atom. The van der Waals surface area contributed by atoms with Crippen LogP contribution in [0, 0.1) is 0 Å². The van der Waals surface area contributed by atoms with Crippen molar-refractivity contribution in [2.75, 3.05) is 0 Å². The van der Waals surface area contributed by atoms with Gasteiger partial charge in [0.05, 0.1) is 0 Å². The third-order valence-corrected chi connectivity index (χ3v) is 3.43. The molecule has 1 nitrogen and oxygen atoms in total. The molecule has 0 saturated heterocycles. The van der Waals surface area contributed by atoms with Crippen molar-refractivity contribution in [1.82, 2.24) is 4.98 Å². The first-order valence-electron chi connectivity index (χ1n) is 5.81. The summed E-state index contributed by atoms with van der Waals surface area (Å²) < 4.78 is 0. The Balaban J connectivity index is 2.28. The molecule has 4 rings (SSSR count). The molecule has 0 unspecified atom stereocenters. The summed E-state index contributed by atoms with van der Waals surface area (Å²) in [4.78, 5) is 3.37. The lowest BCUT2D eigenvalue weighted by atomic mass is 10.0. The third kappa shape index (κ3) is 1.14. The van der Waals surface area contributed by atoms with E-state index in [1.807, 2.05) is 0 Å². The van der Waals surface area contributed by atoms with E-state index in [-0.39, 0.29) is 0 Å². The second kappa shape index (κ2) is 3.11. The molecule has 2 aromatic rings. The van der Waals surface area contributed by atoms with Gasteiger partial charge in [0.25, 0.3) is 0 Å². The maximum Gasteiger partial charge on any atom is 0.0459 e. The fourth-order valence-electron chi connectivity index (χ4n) is 2.62. The van der Waals surface area contributed by atoms with Crippen molar-refractivity contribution in [3.8, 4) is 11.1 Å². The largest absolute Gasteiger partial charge is 0.361 e. The normalized spacial score (nSPS) is 11.5. The van der Waals surface area contributed by atoms with E-state index in [0.29, 0.717) is 0 Å². The van der Waals surface area contributed by atoms with E-state index in [1.165, 1.54) is 32.8 Å². The molecule has 0 amide bonds. The molecule has 0 bridgehead atoms. The molecule has 1 aliphatic carbocycles. The molecule has 0 radical (unpaired) electrons. The van der Waals surface area contributed by atoms with Gasteiger partial charge >= 0.3 is 0 Å². The molecule has 1 N–H and O–H groups in total. The van der Waals surface area contributed by atoms with E-state index < -0.39 is 0 Å². The highest BCUT2D eigenvalue weighted by molar-refractivity contribution is 6.10. The quantitative estimate of drug-likeness (QED) is 0.448. The van der Waals surface area contributed by atoms with Crippen molar-refractivity contribution in [2.45, 2.75) is 0 Å². The van der Waals surface area contributed by atoms with Crippen molar-refractivity contribution in [3.63, 3.8) is 0 Å². The minimum Gasteiger partial charge on any atom is -0.361 e. The van der Waals surface area contributed by atoms with Crippen molar-refractivity contribution in [1.29, 1.82) is 0 Å². The maximum atomic E-state index is 3.37. The van der Waals surface area contributed by atoms with Crippen LogP contribution in [0.15, 0.2) is 60.8 Å². The van der Waals surface area contributed by atoms with E-state index in [2.05, 4.69) is 65.8 Å². The van der Waals surface area contributed by atoms with Gasteiger partial charge in [0.1, 0.15) is 0 Å². The molecule has 2 aromatic carbocycles. The summed E-state index contributed by atoms with van der Waals surface area (Å²) in [7, 11) is 0. The van der Waals surface area contributed by atoms with Crippen LogP contribution in [0.5, 0.6) is 0 Å². The Hall–Kier alpha value is -2.28. The van der Waals surface area contributed by atoms with E-state index in [4.69, 9.17) is 0 Å². The van der Waals surface area contributed by atoms with Gasteiger partial charge in [0.15, 0.2) is 0 Å². The zero-order valence-corrected chi connectivity index (χ0v) is 9.27. The van der Waals surface area contributed by atoms with Gasteiger partial charge in [-0.05, 0) is 28.5 Å². The number of aromatic nitrogens is 1. The summed E-state index contributed by atoms with van der Waals surface area (Å²) in [6, 6.07) is 19.3. The number of rotatable bonds is 0. The van der Waals surface area contributed by atoms with Gasteiger partial charge in [-0.2, -0.15) is 0 Å². The highest BCUT2D eigenvalue weighted by atomic mass is 14.7. The number of benzene rings is 2. The number of H-pyrrole nitrogens is 1. The van der Waals surface area contributed by atoms with E-state index in [1.54, 1.807) is 0 Å². The Morgan fingerprint density at radius 2 is 1.47 bits per heavy atom. The standard InChI is InChI=1S/C16H11N/c1-2-6-12-11(5-1)9-14-13-7-3-4-8-16(13)17-10-15(12)14/h1-10,17H. The minimum absolute atomic E-state index is 1.19. The molecule has 0 saturated carbocycles. The number of nitrogens with one attached hydrogen (secondary N) is 1. The predicted octanol–water partition coefficient (Wildman–Crippen LogP) is 4.43. The van der Waals surface area contributed by atoms with E-state index in [9.17, 15) is 0 Å². The first-order valence-corrected chi connectivity index (χ1v) is 5.81. The van der Waals surface area contributed by atoms with Crippen molar-refractivity contribution in [3.05, 3.63) is 60.8 Å². The topological polar surface area (TPSA) is 15.8 Å². The summed E-state index contributed by atoms with van der Waals surface area (Å²) in [5.74, 6) is 0. The Bertz CT molecular complexity index is 795. The molecule has 17 heavy (non-hydrogen) atoms. The fraction of sp³-hybridized carbons (Fsp3) is 0. The maximum absolute atomic E-state index is 3.37. The van der Waals surface area contributed by atoms with Gasteiger partial charge < -0.3 is 4.98 Å². The molecule has 0 aromatic heterocycles. The monoisotopic (exact) mass is 217 g/mol. The molecular formula is C16H11N. The van der Waals surface area contributed by atoms with Gasteiger partial charge in [0, 0.05) is 22.7 Å². The zero-order chi connectivity index (χ0) is 11.2. The van der Waals surface area contributed by atoms with Gasteiger partial charge in [-0.15, -0.1) is 0 Å². The van der Waals surface area contributed by atoms with Crippen molar-refractivity contribution >= 4 is 21.7 Å². The van der Waals surface area contributed by atoms with Crippen LogP contribution in [-0.4, -0.2) is 4.98 Å². The lowest BCUT2D eigenvalue weighted by molar-refractivity contribution is 1.42. The first kappa shape index (κ1) is 8.82. The van der Waals surface area contributed by atoms with Crippen molar-refractivity contribution in [2.24, 2.45) is 0 Å². The third-order valence-electron chi connectivity index (χ3n) is 3.43. The molecule has 80 valence electrons. The lowest BCUT2D eigenvalue weighted by Gasteiger charge is -2.05. The molecule has 0 fully saturated rings. The molecule has 0 atom stereocenters. The molecule has 1 heterocycles. The fourth-order valence-corrected chi connectivity index (χ4v) is 2.62. The van der Waals surface area contributed by atoms with E-state index in [0.717, 1.165) is 0 Å². The van der Waals surface area contributed by atoms with Crippen LogP contribution in [0.4, 0.5) is 0 Å². The van der Waals surface area contributed by atoms with Crippen molar-refractivity contribution < 1.29 is 0 Å². The number of para-hydroxylation sites is 1. The lowest BCUT2D eigenvalue weighted by Crippen LogP contribution is -1.82. The van der Waals surface area contributed by atoms with Crippen LogP contribution in [-0.2, 0) is 0 Å². The van der Waals surface area contributed by atoms with Gasteiger partial charge in [-0.1, -0.05) is 42.5 Å². The molecule has 1 aliphatic heterocycles. The Morgan fingerprint density at radius 1 is 0.706 bits per heavy atom.